The van der Waals surface area contributed by atoms with E-state index in [9.17, 15) is 9.59 Å². The van der Waals surface area contributed by atoms with E-state index in [-0.39, 0.29) is 5.91 Å². The minimum absolute atomic E-state index is 0.168. The van der Waals surface area contributed by atoms with Crippen LogP contribution in [0.15, 0.2) is 36.4 Å². The van der Waals surface area contributed by atoms with Gasteiger partial charge in [0.05, 0.1) is 19.8 Å². The molecule has 3 amide bonds. The Morgan fingerprint density at radius 1 is 0.882 bits per heavy atom. The van der Waals surface area contributed by atoms with E-state index in [2.05, 4.69) is 20.9 Å². The molecule has 2 aromatic carbocycles. The average molecular weight is 471 g/mol. The number of ether oxygens (including phenoxy) is 3. The number of rotatable bonds is 10. The lowest BCUT2D eigenvalue weighted by Gasteiger charge is -2.30. The number of urea groups is 1. The average Bonchev–Trinajstić information content (AvgIpc) is 2.86. The van der Waals surface area contributed by atoms with Crippen molar-refractivity contribution in [1.29, 1.82) is 0 Å². The van der Waals surface area contributed by atoms with Crippen molar-refractivity contribution in [1.82, 2.24) is 5.32 Å². The van der Waals surface area contributed by atoms with E-state index in [1.807, 2.05) is 12.1 Å². The fourth-order valence-electron chi connectivity index (χ4n) is 3.89. The Bertz CT molecular complexity index is 954. The fourth-order valence-corrected chi connectivity index (χ4v) is 3.89. The van der Waals surface area contributed by atoms with Gasteiger partial charge in [0.25, 0.3) is 5.91 Å². The zero-order chi connectivity index (χ0) is 24.3. The van der Waals surface area contributed by atoms with Gasteiger partial charge in [0.15, 0.2) is 0 Å². The molecule has 0 aromatic heterocycles. The molecule has 0 bridgehead atoms. The number of benzene rings is 2. The summed E-state index contributed by atoms with van der Waals surface area (Å²) in [6.07, 6.45) is 4.12. The molecule has 34 heavy (non-hydrogen) atoms. The highest BCUT2D eigenvalue weighted by atomic mass is 16.5. The number of carbonyl (C=O) groups is 2. The van der Waals surface area contributed by atoms with Crippen LogP contribution in [0.1, 0.15) is 36.0 Å². The van der Waals surface area contributed by atoms with Crippen LogP contribution in [0.5, 0.6) is 11.5 Å². The van der Waals surface area contributed by atoms with E-state index in [1.54, 1.807) is 45.6 Å². The van der Waals surface area contributed by atoms with Crippen molar-refractivity contribution in [3.8, 4) is 11.5 Å². The van der Waals surface area contributed by atoms with E-state index in [0.29, 0.717) is 41.6 Å². The van der Waals surface area contributed by atoms with Crippen molar-refractivity contribution in [3.05, 3.63) is 42.0 Å². The molecule has 0 saturated carbocycles. The van der Waals surface area contributed by atoms with Gasteiger partial charge in [0, 0.05) is 68.6 Å². The van der Waals surface area contributed by atoms with Crippen molar-refractivity contribution in [2.75, 3.05) is 63.1 Å². The van der Waals surface area contributed by atoms with Gasteiger partial charge in [-0.1, -0.05) is 0 Å². The summed E-state index contributed by atoms with van der Waals surface area (Å²) in [5.74, 6) is 0.958. The molecule has 2 aromatic rings. The number of nitrogens with zero attached hydrogens (tertiary/aromatic N) is 1. The Labute approximate surface area is 200 Å². The Morgan fingerprint density at radius 3 is 2.21 bits per heavy atom. The first-order valence-electron chi connectivity index (χ1n) is 11.5. The van der Waals surface area contributed by atoms with E-state index < -0.39 is 6.03 Å². The zero-order valence-electron chi connectivity index (χ0n) is 20.1. The number of piperidine rings is 1. The number of hydrogen-bond donors (Lipinski definition) is 3. The Kier molecular flexibility index (Phi) is 9.40. The Morgan fingerprint density at radius 2 is 1.56 bits per heavy atom. The van der Waals surface area contributed by atoms with Gasteiger partial charge in [-0.25, -0.2) is 4.79 Å². The van der Waals surface area contributed by atoms with Gasteiger partial charge in [-0.2, -0.15) is 0 Å². The zero-order valence-corrected chi connectivity index (χ0v) is 20.1. The lowest BCUT2D eigenvalue weighted by molar-refractivity contribution is 0.0949. The lowest BCUT2D eigenvalue weighted by atomic mass is 10.1. The van der Waals surface area contributed by atoms with Gasteiger partial charge in [-0.15, -0.1) is 0 Å². The summed E-state index contributed by atoms with van der Waals surface area (Å²) in [6, 6.07) is 10.1. The molecule has 0 aliphatic carbocycles. The normalized spacial score (nSPS) is 13.2. The van der Waals surface area contributed by atoms with Crippen LogP contribution in [0.2, 0.25) is 0 Å². The first-order valence-corrected chi connectivity index (χ1v) is 11.5. The molecule has 3 rings (SSSR count). The monoisotopic (exact) mass is 470 g/mol. The van der Waals surface area contributed by atoms with Crippen molar-refractivity contribution >= 4 is 29.0 Å². The molecular formula is C25H34N4O5. The fraction of sp³-hybridized carbons (Fsp3) is 0.440. The number of methoxy groups -OCH3 is 3. The third-order valence-corrected chi connectivity index (χ3v) is 5.62. The van der Waals surface area contributed by atoms with Crippen LogP contribution in [0.25, 0.3) is 0 Å². The van der Waals surface area contributed by atoms with Crippen molar-refractivity contribution < 1.29 is 23.8 Å². The summed E-state index contributed by atoms with van der Waals surface area (Å²) >= 11 is 0. The summed E-state index contributed by atoms with van der Waals surface area (Å²) in [6.45, 7) is 2.92. The Balaban J connectivity index is 1.75. The van der Waals surface area contributed by atoms with Crippen LogP contribution in [0.3, 0.4) is 0 Å². The highest BCUT2D eigenvalue weighted by Gasteiger charge is 2.19. The highest BCUT2D eigenvalue weighted by Crippen LogP contribution is 2.28. The van der Waals surface area contributed by atoms with Gasteiger partial charge >= 0.3 is 6.03 Å². The number of amides is 3. The van der Waals surface area contributed by atoms with Crippen LogP contribution in [0.4, 0.5) is 21.9 Å². The molecule has 1 saturated heterocycles. The quantitative estimate of drug-likeness (QED) is 0.452. The van der Waals surface area contributed by atoms with Crippen LogP contribution in [0, 0.1) is 0 Å². The van der Waals surface area contributed by atoms with Gasteiger partial charge in [0.2, 0.25) is 0 Å². The lowest BCUT2D eigenvalue weighted by Crippen LogP contribution is -2.33. The maximum atomic E-state index is 13.0. The molecule has 3 N–H and O–H groups in total. The third-order valence-electron chi connectivity index (χ3n) is 5.62. The van der Waals surface area contributed by atoms with Crippen LogP contribution in [-0.2, 0) is 4.74 Å². The molecule has 1 aliphatic rings. The first-order chi connectivity index (χ1) is 16.5. The minimum atomic E-state index is -0.438. The molecule has 1 heterocycles. The Hall–Kier alpha value is -3.46. The van der Waals surface area contributed by atoms with Gasteiger partial charge in [0.1, 0.15) is 11.5 Å². The van der Waals surface area contributed by atoms with Crippen molar-refractivity contribution in [2.24, 2.45) is 0 Å². The molecule has 1 aliphatic heterocycles. The predicted molar refractivity (Wildman–Crippen MR) is 134 cm³/mol. The molecule has 9 heteroatoms. The maximum absolute atomic E-state index is 13.0. The highest BCUT2D eigenvalue weighted by molar-refractivity contribution is 6.04. The van der Waals surface area contributed by atoms with Crippen LogP contribution in [-0.4, -0.2) is 59.5 Å². The molecule has 0 spiro atoms. The predicted octanol–water partition coefficient (Wildman–Crippen LogP) is 4.10. The molecular weight excluding hydrogens is 436 g/mol. The van der Waals surface area contributed by atoms with E-state index in [1.165, 1.54) is 6.42 Å². The largest absolute Gasteiger partial charge is 0.497 e. The SMILES string of the molecule is COCCCNC(=O)c1cc(NC(=O)Nc2cc(OC)cc(OC)c2)ccc1N1CCCCC1. The summed E-state index contributed by atoms with van der Waals surface area (Å²) in [7, 11) is 4.73. The second-order valence-corrected chi connectivity index (χ2v) is 8.06. The second-order valence-electron chi connectivity index (χ2n) is 8.06. The van der Waals surface area contributed by atoms with Crippen LogP contribution < -0.4 is 30.3 Å². The molecule has 9 nitrogen and oxygen atoms in total. The van der Waals surface area contributed by atoms with Crippen LogP contribution >= 0.6 is 0 Å². The summed E-state index contributed by atoms with van der Waals surface area (Å²) in [5, 5.41) is 8.55. The first kappa shape index (κ1) is 25.2. The minimum Gasteiger partial charge on any atom is -0.497 e. The summed E-state index contributed by atoms with van der Waals surface area (Å²) in [5.41, 5.74) is 2.47. The number of carbonyl (C=O) groups excluding carboxylic acids is 2. The maximum Gasteiger partial charge on any atom is 0.323 e. The number of hydrogen-bond acceptors (Lipinski definition) is 6. The summed E-state index contributed by atoms with van der Waals surface area (Å²) in [4.78, 5) is 27.9. The molecule has 0 unspecified atom stereocenters. The standard InChI is InChI=1S/C25H34N4O5/c1-32-13-7-10-26-24(30)22-16-18(8-9-23(22)29-11-5-4-6-12-29)27-25(31)28-19-14-20(33-2)17-21(15-19)34-3/h8-9,14-17H,4-7,10-13H2,1-3H3,(H,26,30)(H2,27,28,31). The van der Waals surface area contributed by atoms with E-state index in [4.69, 9.17) is 14.2 Å². The van der Waals surface area contributed by atoms with E-state index >= 15 is 0 Å². The smallest absolute Gasteiger partial charge is 0.323 e. The molecule has 184 valence electrons. The van der Waals surface area contributed by atoms with Gasteiger partial charge in [-0.05, 0) is 43.9 Å². The molecule has 1 fully saturated rings. The molecule has 0 radical (unpaired) electrons. The van der Waals surface area contributed by atoms with Crippen molar-refractivity contribution in [3.63, 3.8) is 0 Å². The van der Waals surface area contributed by atoms with Crippen molar-refractivity contribution in [2.45, 2.75) is 25.7 Å². The van der Waals surface area contributed by atoms with E-state index in [0.717, 1.165) is 38.0 Å². The van der Waals surface area contributed by atoms with Gasteiger partial charge in [-0.3, -0.25) is 4.79 Å². The topological polar surface area (TPSA) is 101 Å². The second kappa shape index (κ2) is 12.7. The number of anilines is 3. The summed E-state index contributed by atoms with van der Waals surface area (Å²) < 4.78 is 15.6. The molecule has 0 atom stereocenters. The van der Waals surface area contributed by atoms with Gasteiger partial charge < -0.3 is 35.1 Å². The third kappa shape index (κ3) is 7.02. The number of nitrogens with one attached hydrogen (secondary N) is 3.